The SMILES string of the molecule is COc1ccccc1C(c1ccccc1)(c1ccccc1OC)C(O)[C@H]1O[C@@H](n2cnc3c(=O)[nH]c(N)nc32)[C@H](O)[C@@H]1O. The Balaban J connectivity index is 1.58. The lowest BCUT2D eigenvalue weighted by atomic mass is 9.63. The van der Waals surface area contributed by atoms with Gasteiger partial charge < -0.3 is 35.3 Å². The van der Waals surface area contributed by atoms with Crippen LogP contribution in [-0.4, -0.2) is 73.5 Å². The summed E-state index contributed by atoms with van der Waals surface area (Å²) in [5, 5.41) is 35.4. The first-order chi connectivity index (χ1) is 20.8. The number of imidazole rings is 1. The van der Waals surface area contributed by atoms with Gasteiger partial charge in [0.2, 0.25) is 5.95 Å². The molecule has 1 aliphatic rings. The maximum Gasteiger partial charge on any atom is 0.280 e. The highest BCUT2D eigenvalue weighted by Gasteiger charge is 2.56. The molecule has 6 N–H and O–H groups in total. The van der Waals surface area contributed by atoms with Gasteiger partial charge in [-0.1, -0.05) is 66.7 Å². The molecule has 12 nitrogen and oxygen atoms in total. The van der Waals surface area contributed by atoms with E-state index in [0.717, 1.165) is 0 Å². The maximum absolute atomic E-state index is 12.6. The van der Waals surface area contributed by atoms with E-state index in [1.165, 1.54) is 25.1 Å². The van der Waals surface area contributed by atoms with Crippen LogP contribution in [0, 0.1) is 0 Å². The molecule has 1 fully saturated rings. The molecule has 1 aliphatic heterocycles. The quantitative estimate of drug-likeness (QED) is 0.169. The number of hydrogen-bond acceptors (Lipinski definition) is 10. The first-order valence-electron chi connectivity index (χ1n) is 13.6. The van der Waals surface area contributed by atoms with Gasteiger partial charge in [0.05, 0.1) is 26.0 Å². The minimum Gasteiger partial charge on any atom is -0.496 e. The summed E-state index contributed by atoms with van der Waals surface area (Å²) in [5.41, 5.74) is 5.58. The lowest BCUT2D eigenvalue weighted by molar-refractivity contribution is -0.0976. The Kier molecular flexibility index (Phi) is 7.36. The van der Waals surface area contributed by atoms with Gasteiger partial charge in [-0.25, -0.2) is 4.98 Å². The zero-order chi connectivity index (χ0) is 30.3. The number of aromatic amines is 1. The van der Waals surface area contributed by atoms with Gasteiger partial charge in [0.15, 0.2) is 17.4 Å². The fourth-order valence-electron chi connectivity index (χ4n) is 6.14. The summed E-state index contributed by atoms with van der Waals surface area (Å²) < 4.78 is 19.2. The average Bonchev–Trinajstić information content (AvgIpc) is 3.58. The number of H-pyrrole nitrogens is 1. The first kappa shape index (κ1) is 28.4. The second kappa shape index (κ2) is 11.2. The van der Waals surface area contributed by atoms with E-state index in [1.807, 2.05) is 66.7 Å². The van der Waals surface area contributed by atoms with Crippen LogP contribution in [-0.2, 0) is 10.2 Å². The molecule has 0 aliphatic carbocycles. The van der Waals surface area contributed by atoms with Crippen molar-refractivity contribution in [3.63, 3.8) is 0 Å². The summed E-state index contributed by atoms with van der Waals surface area (Å²) in [4.78, 5) is 23.0. The number of nitrogen functional groups attached to an aromatic ring is 1. The lowest BCUT2D eigenvalue weighted by Crippen LogP contribution is -2.52. The number of ether oxygens (including phenoxy) is 3. The molecule has 222 valence electrons. The molecule has 43 heavy (non-hydrogen) atoms. The average molecular weight is 586 g/mol. The standard InChI is InChI=1S/C31H31N5O7/c1-41-20-14-8-6-12-18(20)31(17-10-4-3-5-11-17,19-13-7-9-15-21(19)42-2)26(39)25-23(37)24(38)29(43-25)36-16-33-22-27(36)34-30(32)35-28(22)40/h3-16,23-26,29,37-39H,1-2H3,(H3,32,34,35,40)/t23-,24+,25-,26?,29+/m0/s1. The number of benzene rings is 3. The van der Waals surface area contributed by atoms with Crippen molar-refractivity contribution in [2.75, 3.05) is 20.0 Å². The number of fused-ring (bicyclic) bond motifs is 1. The van der Waals surface area contributed by atoms with E-state index in [4.69, 9.17) is 19.9 Å². The molecule has 3 heterocycles. The van der Waals surface area contributed by atoms with Gasteiger partial charge >= 0.3 is 0 Å². The third-order valence-corrected chi connectivity index (χ3v) is 8.05. The highest BCUT2D eigenvalue weighted by atomic mass is 16.6. The molecule has 5 aromatic rings. The molecule has 12 heteroatoms. The summed E-state index contributed by atoms with van der Waals surface area (Å²) in [6.45, 7) is 0. The Morgan fingerprint density at radius 1 is 0.930 bits per heavy atom. The third kappa shape index (κ3) is 4.43. The number of methoxy groups -OCH3 is 2. The van der Waals surface area contributed by atoms with Crippen molar-refractivity contribution in [3.05, 3.63) is 112 Å². The van der Waals surface area contributed by atoms with E-state index in [9.17, 15) is 20.1 Å². The van der Waals surface area contributed by atoms with Crippen LogP contribution in [0.3, 0.4) is 0 Å². The normalized spacial score (nSPS) is 21.1. The predicted octanol–water partition coefficient (Wildman–Crippen LogP) is 1.73. The molecule has 1 saturated heterocycles. The van der Waals surface area contributed by atoms with Gasteiger partial charge in [0, 0.05) is 11.1 Å². The van der Waals surface area contributed by atoms with Crippen molar-refractivity contribution in [2.24, 2.45) is 0 Å². The summed E-state index contributed by atoms with van der Waals surface area (Å²) in [7, 11) is 3.07. The number of nitrogens with one attached hydrogen (secondary N) is 1. The smallest absolute Gasteiger partial charge is 0.280 e. The third-order valence-electron chi connectivity index (χ3n) is 8.05. The van der Waals surface area contributed by atoms with E-state index >= 15 is 0 Å². The van der Waals surface area contributed by atoms with Crippen molar-refractivity contribution in [1.82, 2.24) is 19.5 Å². The Hall–Kier alpha value is -4.75. The fraction of sp³-hybridized carbons (Fsp3) is 0.258. The molecule has 0 bridgehead atoms. The van der Waals surface area contributed by atoms with Gasteiger partial charge in [0.1, 0.15) is 35.9 Å². The lowest BCUT2D eigenvalue weighted by Gasteiger charge is -2.43. The number of hydrogen-bond donors (Lipinski definition) is 5. The van der Waals surface area contributed by atoms with Gasteiger partial charge in [-0.05, 0) is 17.7 Å². The summed E-state index contributed by atoms with van der Waals surface area (Å²) >= 11 is 0. The monoisotopic (exact) mass is 585 g/mol. The number of nitrogens with two attached hydrogens (primary N) is 1. The zero-order valence-electron chi connectivity index (χ0n) is 23.4. The zero-order valence-corrected chi connectivity index (χ0v) is 23.4. The van der Waals surface area contributed by atoms with Crippen molar-refractivity contribution >= 4 is 17.1 Å². The molecule has 1 unspecified atom stereocenters. The van der Waals surface area contributed by atoms with Gasteiger partial charge in [-0.15, -0.1) is 0 Å². The second-order valence-electron chi connectivity index (χ2n) is 10.3. The predicted molar refractivity (Wildman–Crippen MR) is 157 cm³/mol. The van der Waals surface area contributed by atoms with Crippen LogP contribution in [0.15, 0.2) is 90.0 Å². The maximum atomic E-state index is 12.6. The largest absolute Gasteiger partial charge is 0.496 e. The Bertz CT molecular complexity index is 1760. The van der Waals surface area contributed by atoms with Crippen molar-refractivity contribution in [3.8, 4) is 11.5 Å². The number of nitrogens with zero attached hydrogens (tertiary/aromatic N) is 3. The molecule has 0 spiro atoms. The van der Waals surface area contributed by atoms with E-state index in [2.05, 4.69) is 15.0 Å². The summed E-state index contributed by atoms with van der Waals surface area (Å²) in [5.74, 6) is 0.792. The summed E-state index contributed by atoms with van der Waals surface area (Å²) in [6.07, 6.45) is -6.02. The molecular weight excluding hydrogens is 554 g/mol. The second-order valence-corrected chi connectivity index (χ2v) is 10.3. The van der Waals surface area contributed by atoms with Crippen molar-refractivity contribution in [2.45, 2.75) is 36.1 Å². The number of para-hydroxylation sites is 2. The van der Waals surface area contributed by atoms with E-state index in [1.54, 1.807) is 12.1 Å². The first-order valence-corrected chi connectivity index (χ1v) is 13.6. The van der Waals surface area contributed by atoms with Gasteiger partial charge in [-0.3, -0.25) is 14.3 Å². The van der Waals surface area contributed by atoms with Crippen LogP contribution in [0.25, 0.3) is 11.2 Å². The molecule has 0 saturated carbocycles. The molecule has 3 aromatic carbocycles. The Labute approximate surface area is 246 Å². The molecule has 0 amide bonds. The van der Waals surface area contributed by atoms with E-state index < -0.39 is 41.6 Å². The number of rotatable bonds is 8. The van der Waals surface area contributed by atoms with Crippen LogP contribution in [0.4, 0.5) is 5.95 Å². The molecular formula is C31H31N5O7. The van der Waals surface area contributed by atoms with Crippen LogP contribution < -0.4 is 20.8 Å². The van der Waals surface area contributed by atoms with Gasteiger partial charge in [0.25, 0.3) is 5.56 Å². The van der Waals surface area contributed by atoms with E-state index in [-0.39, 0.29) is 17.1 Å². The highest BCUT2D eigenvalue weighted by Crippen LogP contribution is 2.51. The van der Waals surface area contributed by atoms with Crippen LogP contribution in [0.5, 0.6) is 11.5 Å². The number of anilines is 1. The summed E-state index contributed by atoms with van der Waals surface area (Å²) in [6, 6.07) is 23.8. The highest BCUT2D eigenvalue weighted by molar-refractivity contribution is 5.70. The molecule has 0 radical (unpaired) electrons. The minimum atomic E-state index is -1.58. The van der Waals surface area contributed by atoms with Crippen LogP contribution in [0.2, 0.25) is 0 Å². The Morgan fingerprint density at radius 3 is 2.12 bits per heavy atom. The Morgan fingerprint density at radius 2 is 1.51 bits per heavy atom. The van der Waals surface area contributed by atoms with Crippen LogP contribution in [0.1, 0.15) is 22.9 Å². The fourth-order valence-corrected chi connectivity index (χ4v) is 6.14. The number of aliphatic hydroxyl groups excluding tert-OH is 3. The van der Waals surface area contributed by atoms with Crippen LogP contribution >= 0.6 is 0 Å². The molecule has 6 rings (SSSR count). The van der Waals surface area contributed by atoms with E-state index in [0.29, 0.717) is 28.2 Å². The number of aliphatic hydroxyl groups is 3. The molecule has 5 atom stereocenters. The topological polar surface area (TPSA) is 178 Å². The van der Waals surface area contributed by atoms with Crippen molar-refractivity contribution in [1.29, 1.82) is 0 Å². The van der Waals surface area contributed by atoms with Gasteiger partial charge in [-0.2, -0.15) is 4.98 Å². The molecule has 2 aromatic heterocycles. The minimum absolute atomic E-state index is 0.0230. The number of aromatic nitrogens is 4. The van der Waals surface area contributed by atoms with Crippen molar-refractivity contribution < 1.29 is 29.5 Å².